The van der Waals surface area contributed by atoms with Crippen LogP contribution in [0, 0.1) is 5.92 Å². The van der Waals surface area contributed by atoms with Gasteiger partial charge in [-0.3, -0.25) is 4.79 Å². The monoisotopic (exact) mass is 250 g/mol. The Hall–Kier alpha value is -1.55. The van der Waals surface area contributed by atoms with E-state index in [0.29, 0.717) is 30.3 Å². The molecule has 18 heavy (non-hydrogen) atoms. The molecule has 0 atom stereocenters. The third-order valence-electron chi connectivity index (χ3n) is 3.27. The van der Waals surface area contributed by atoms with Gasteiger partial charge in [0.2, 0.25) is 0 Å². The van der Waals surface area contributed by atoms with Gasteiger partial charge in [-0.2, -0.15) is 0 Å². The summed E-state index contributed by atoms with van der Waals surface area (Å²) >= 11 is 0. The van der Waals surface area contributed by atoms with Gasteiger partial charge in [-0.15, -0.1) is 0 Å². The van der Waals surface area contributed by atoms with Gasteiger partial charge in [0.05, 0.1) is 14.2 Å². The van der Waals surface area contributed by atoms with Crippen LogP contribution in [0.25, 0.3) is 0 Å². The second-order valence-corrected chi connectivity index (χ2v) is 4.29. The van der Waals surface area contributed by atoms with E-state index in [0.717, 1.165) is 12.8 Å². The zero-order valence-corrected chi connectivity index (χ0v) is 10.8. The summed E-state index contributed by atoms with van der Waals surface area (Å²) in [7, 11) is 3.13. The van der Waals surface area contributed by atoms with E-state index in [2.05, 4.69) is 0 Å². The number of rotatable bonds is 4. The highest BCUT2D eigenvalue weighted by Gasteiger charge is 2.27. The molecular weight excluding hydrogens is 232 g/mol. The minimum atomic E-state index is 0.00366. The lowest BCUT2D eigenvalue weighted by Gasteiger charge is -2.22. The summed E-state index contributed by atoms with van der Waals surface area (Å²) in [6.45, 7) is 1.29. The minimum Gasteiger partial charge on any atom is -0.496 e. The summed E-state index contributed by atoms with van der Waals surface area (Å²) in [5, 5.41) is 0. The maximum atomic E-state index is 12.5. The van der Waals surface area contributed by atoms with Crippen LogP contribution >= 0.6 is 0 Å². The van der Waals surface area contributed by atoms with E-state index in [4.69, 9.17) is 14.2 Å². The van der Waals surface area contributed by atoms with Crippen LogP contribution in [0.5, 0.6) is 11.5 Å². The van der Waals surface area contributed by atoms with Crippen LogP contribution < -0.4 is 9.47 Å². The molecule has 1 aromatic rings. The topological polar surface area (TPSA) is 44.8 Å². The molecule has 1 aliphatic rings. The fraction of sp³-hybridized carbons (Fsp3) is 0.500. The Bertz CT molecular complexity index is 400. The van der Waals surface area contributed by atoms with Crippen LogP contribution in [-0.4, -0.2) is 33.2 Å². The summed E-state index contributed by atoms with van der Waals surface area (Å²) in [6, 6.07) is 5.39. The summed E-state index contributed by atoms with van der Waals surface area (Å²) in [5.41, 5.74) is 0.550. The van der Waals surface area contributed by atoms with Gasteiger partial charge < -0.3 is 14.2 Å². The van der Waals surface area contributed by atoms with E-state index >= 15 is 0 Å². The number of methoxy groups -OCH3 is 2. The Morgan fingerprint density at radius 2 is 1.72 bits per heavy atom. The first-order valence-electron chi connectivity index (χ1n) is 6.11. The predicted molar refractivity (Wildman–Crippen MR) is 67.4 cm³/mol. The molecule has 0 saturated carbocycles. The van der Waals surface area contributed by atoms with Crippen LogP contribution in [0.1, 0.15) is 23.2 Å². The molecule has 0 bridgehead atoms. The Balaban J connectivity index is 2.32. The molecule has 0 aliphatic carbocycles. The lowest BCUT2D eigenvalue weighted by atomic mass is 9.90. The maximum Gasteiger partial charge on any atom is 0.173 e. The highest BCUT2D eigenvalue weighted by molar-refractivity contribution is 6.02. The Morgan fingerprint density at radius 1 is 1.17 bits per heavy atom. The first kappa shape index (κ1) is 12.9. The van der Waals surface area contributed by atoms with Gasteiger partial charge in [0.25, 0.3) is 0 Å². The van der Waals surface area contributed by atoms with Crippen molar-refractivity contribution < 1.29 is 19.0 Å². The Labute approximate surface area is 107 Å². The summed E-state index contributed by atoms with van der Waals surface area (Å²) in [5.74, 6) is 1.24. The van der Waals surface area contributed by atoms with Crippen molar-refractivity contribution in [2.75, 3.05) is 27.4 Å². The molecular formula is C14H18O4. The van der Waals surface area contributed by atoms with E-state index in [1.54, 1.807) is 26.4 Å². The molecule has 0 unspecified atom stereocenters. The molecule has 2 rings (SSSR count). The first-order chi connectivity index (χ1) is 8.77. The second kappa shape index (κ2) is 5.87. The van der Waals surface area contributed by atoms with Gasteiger partial charge in [0.15, 0.2) is 5.78 Å². The third kappa shape index (κ3) is 2.48. The van der Waals surface area contributed by atoms with Crippen molar-refractivity contribution in [1.29, 1.82) is 0 Å². The SMILES string of the molecule is COc1cccc(OC)c1C(=O)C1CCOCC1. The highest BCUT2D eigenvalue weighted by atomic mass is 16.5. The van der Waals surface area contributed by atoms with E-state index in [1.165, 1.54) is 0 Å². The molecule has 4 heteroatoms. The molecule has 1 aromatic carbocycles. The van der Waals surface area contributed by atoms with E-state index in [1.807, 2.05) is 6.07 Å². The van der Waals surface area contributed by atoms with Crippen molar-refractivity contribution in [3.63, 3.8) is 0 Å². The largest absolute Gasteiger partial charge is 0.496 e. The number of carbonyl (C=O) groups is 1. The average molecular weight is 250 g/mol. The molecule has 1 heterocycles. The zero-order valence-electron chi connectivity index (χ0n) is 10.8. The standard InChI is InChI=1S/C14H18O4/c1-16-11-4-3-5-12(17-2)13(11)14(15)10-6-8-18-9-7-10/h3-5,10H,6-9H2,1-2H3. The molecule has 0 N–H and O–H groups in total. The average Bonchev–Trinajstić information content (AvgIpc) is 2.46. The molecule has 1 aliphatic heterocycles. The summed E-state index contributed by atoms with van der Waals surface area (Å²) in [4.78, 5) is 12.5. The van der Waals surface area contributed by atoms with Crippen LogP contribution in [0.3, 0.4) is 0 Å². The fourth-order valence-corrected chi connectivity index (χ4v) is 2.26. The van der Waals surface area contributed by atoms with Gasteiger partial charge in [-0.25, -0.2) is 0 Å². The lowest BCUT2D eigenvalue weighted by Crippen LogP contribution is -2.24. The molecule has 0 radical (unpaired) electrons. The van der Waals surface area contributed by atoms with Crippen molar-refractivity contribution in [1.82, 2.24) is 0 Å². The molecule has 0 amide bonds. The minimum absolute atomic E-state index is 0.00366. The maximum absolute atomic E-state index is 12.5. The van der Waals surface area contributed by atoms with Gasteiger partial charge >= 0.3 is 0 Å². The summed E-state index contributed by atoms with van der Waals surface area (Å²) < 4.78 is 15.8. The van der Waals surface area contributed by atoms with Gasteiger partial charge in [-0.05, 0) is 25.0 Å². The van der Waals surface area contributed by atoms with Gasteiger partial charge in [0.1, 0.15) is 17.1 Å². The lowest BCUT2D eigenvalue weighted by molar-refractivity contribution is 0.0541. The van der Waals surface area contributed by atoms with Crippen LogP contribution in [0.15, 0.2) is 18.2 Å². The number of benzene rings is 1. The van der Waals surface area contributed by atoms with Gasteiger partial charge in [0, 0.05) is 19.1 Å². The van der Waals surface area contributed by atoms with Crippen LogP contribution in [0.4, 0.5) is 0 Å². The van der Waals surface area contributed by atoms with Gasteiger partial charge in [-0.1, -0.05) is 6.07 Å². The summed E-state index contributed by atoms with van der Waals surface area (Å²) in [6.07, 6.45) is 1.53. The number of Topliss-reactive ketones (excluding diaryl/α,β-unsaturated/α-hetero) is 1. The van der Waals surface area contributed by atoms with E-state index in [9.17, 15) is 4.79 Å². The quantitative estimate of drug-likeness (QED) is 0.769. The Morgan fingerprint density at radius 3 is 2.22 bits per heavy atom. The highest BCUT2D eigenvalue weighted by Crippen LogP contribution is 2.32. The molecule has 1 fully saturated rings. The molecule has 0 spiro atoms. The van der Waals surface area contributed by atoms with Crippen molar-refractivity contribution in [3.8, 4) is 11.5 Å². The Kier molecular flexibility index (Phi) is 4.20. The number of ether oxygens (including phenoxy) is 3. The zero-order chi connectivity index (χ0) is 13.0. The molecule has 1 saturated heterocycles. The smallest absolute Gasteiger partial charge is 0.173 e. The fourth-order valence-electron chi connectivity index (χ4n) is 2.26. The van der Waals surface area contributed by atoms with E-state index in [-0.39, 0.29) is 11.7 Å². The molecule has 4 nitrogen and oxygen atoms in total. The number of ketones is 1. The normalized spacial score (nSPS) is 16.3. The van der Waals surface area contributed by atoms with E-state index < -0.39 is 0 Å². The van der Waals surface area contributed by atoms with Crippen molar-refractivity contribution in [3.05, 3.63) is 23.8 Å². The number of hydrogen-bond donors (Lipinski definition) is 0. The van der Waals surface area contributed by atoms with Crippen LogP contribution in [-0.2, 0) is 4.74 Å². The number of hydrogen-bond acceptors (Lipinski definition) is 4. The van der Waals surface area contributed by atoms with Crippen molar-refractivity contribution in [2.24, 2.45) is 5.92 Å². The second-order valence-electron chi connectivity index (χ2n) is 4.29. The molecule has 0 aromatic heterocycles. The van der Waals surface area contributed by atoms with Crippen molar-refractivity contribution in [2.45, 2.75) is 12.8 Å². The number of carbonyl (C=O) groups excluding carboxylic acids is 1. The van der Waals surface area contributed by atoms with Crippen molar-refractivity contribution >= 4 is 5.78 Å². The predicted octanol–water partition coefficient (Wildman–Crippen LogP) is 2.31. The van der Waals surface area contributed by atoms with Crippen LogP contribution in [0.2, 0.25) is 0 Å². The molecule has 98 valence electrons. The first-order valence-corrected chi connectivity index (χ1v) is 6.11. The third-order valence-corrected chi connectivity index (χ3v) is 3.27.